The molecule has 1 fully saturated rings. The minimum absolute atomic E-state index is 0.00697. The molecule has 0 aromatic heterocycles. The molecular weight excluding hydrogens is 514 g/mol. The van der Waals surface area contributed by atoms with Crippen molar-refractivity contribution in [3.8, 4) is 11.5 Å². The highest BCUT2D eigenvalue weighted by molar-refractivity contribution is 8.05. The summed E-state index contributed by atoms with van der Waals surface area (Å²) in [5.41, 5.74) is 4.21. The van der Waals surface area contributed by atoms with Gasteiger partial charge in [-0.05, 0) is 66.8 Å². The van der Waals surface area contributed by atoms with Crippen LogP contribution in [-0.2, 0) is 24.2 Å². The lowest BCUT2D eigenvalue weighted by molar-refractivity contribution is -0.384. The van der Waals surface area contributed by atoms with Crippen LogP contribution in [0.5, 0.6) is 11.5 Å². The normalized spacial score (nSPS) is 15.6. The number of allylic oxidation sites excluding steroid dienone is 1. The number of carbonyl (C=O) groups excluding carboxylic acids is 1. The number of nitrogens with one attached hydrogen (secondary N) is 2. The Morgan fingerprint density at radius 1 is 1.10 bits per heavy atom. The van der Waals surface area contributed by atoms with Crippen molar-refractivity contribution in [2.24, 2.45) is 0 Å². The van der Waals surface area contributed by atoms with E-state index in [1.165, 1.54) is 29.5 Å². The average Bonchev–Trinajstić information content (AvgIpc) is 3.27. The third-order valence-corrected chi connectivity index (χ3v) is 7.04. The molecule has 1 heterocycles. The Bertz CT molecular complexity index is 1390. The van der Waals surface area contributed by atoms with Gasteiger partial charge in [0.05, 0.1) is 16.4 Å². The molecule has 1 aliphatic heterocycles. The van der Waals surface area contributed by atoms with Crippen molar-refractivity contribution in [3.63, 3.8) is 0 Å². The molecule has 1 saturated heterocycles. The predicted octanol–water partition coefficient (Wildman–Crippen LogP) is 6.46. The van der Waals surface area contributed by atoms with Gasteiger partial charge in [0, 0.05) is 23.4 Å². The summed E-state index contributed by atoms with van der Waals surface area (Å²) in [6.45, 7) is 8.41. The van der Waals surface area contributed by atoms with Gasteiger partial charge < -0.3 is 20.1 Å². The molecule has 9 heteroatoms. The highest BCUT2D eigenvalue weighted by Crippen LogP contribution is 2.37. The summed E-state index contributed by atoms with van der Waals surface area (Å²) in [6, 6.07) is 18.3. The molecule has 0 saturated carbocycles. The molecule has 2 N–H and O–H groups in total. The van der Waals surface area contributed by atoms with Crippen LogP contribution in [0, 0.1) is 10.1 Å². The van der Waals surface area contributed by atoms with Crippen molar-refractivity contribution in [1.29, 1.82) is 0 Å². The van der Waals surface area contributed by atoms with E-state index in [1.807, 2.05) is 37.3 Å². The van der Waals surface area contributed by atoms with E-state index in [2.05, 4.69) is 36.3 Å². The van der Waals surface area contributed by atoms with Crippen LogP contribution in [0.3, 0.4) is 0 Å². The molecule has 1 atom stereocenters. The van der Waals surface area contributed by atoms with Crippen LogP contribution in [0.25, 0.3) is 6.08 Å². The summed E-state index contributed by atoms with van der Waals surface area (Å²) in [7, 11) is 0. The fraction of sp³-hybridized carbons (Fsp3) is 0.233. The van der Waals surface area contributed by atoms with E-state index in [0.717, 1.165) is 23.2 Å². The number of aryl methyl sites for hydroxylation is 1. The number of nitro benzene ring substituents is 1. The summed E-state index contributed by atoms with van der Waals surface area (Å²) < 4.78 is 12.0. The second-order valence-corrected chi connectivity index (χ2v) is 9.97. The molecule has 3 aromatic rings. The number of anilines is 1. The second-order valence-electron chi connectivity index (χ2n) is 8.82. The molecule has 0 bridgehead atoms. The number of hydrogen-bond donors (Lipinski definition) is 2. The first-order valence-electron chi connectivity index (χ1n) is 12.7. The Balaban J connectivity index is 1.56. The largest absolute Gasteiger partial charge is 0.490 e. The number of nitrogens with zero attached hydrogens (tertiary/aromatic N) is 1. The summed E-state index contributed by atoms with van der Waals surface area (Å²) in [5, 5.41) is 17.5. The first-order chi connectivity index (χ1) is 18.9. The van der Waals surface area contributed by atoms with E-state index in [1.54, 1.807) is 18.2 Å². The quantitative estimate of drug-likeness (QED) is 0.116. The van der Waals surface area contributed by atoms with Gasteiger partial charge in [0.1, 0.15) is 6.61 Å². The summed E-state index contributed by atoms with van der Waals surface area (Å²) in [6.07, 6.45) is 5.08. The first-order valence-corrected chi connectivity index (χ1v) is 13.6. The van der Waals surface area contributed by atoms with E-state index in [0.29, 0.717) is 35.0 Å². The lowest BCUT2D eigenvalue weighted by atomic mass is 10.0. The maximum atomic E-state index is 12.7. The van der Waals surface area contributed by atoms with Crippen LogP contribution in [0.1, 0.15) is 36.1 Å². The van der Waals surface area contributed by atoms with E-state index in [9.17, 15) is 14.9 Å². The summed E-state index contributed by atoms with van der Waals surface area (Å²) in [4.78, 5) is 24.0. The van der Waals surface area contributed by atoms with Crippen molar-refractivity contribution in [2.75, 3.05) is 11.9 Å². The molecule has 3 aromatic carbocycles. The molecule has 0 unspecified atom stereocenters. The van der Waals surface area contributed by atoms with Gasteiger partial charge >= 0.3 is 0 Å². The fourth-order valence-electron chi connectivity index (χ4n) is 4.12. The highest BCUT2D eigenvalue weighted by Gasteiger charge is 2.27. The monoisotopic (exact) mass is 545 g/mol. The van der Waals surface area contributed by atoms with E-state index < -0.39 is 4.92 Å². The van der Waals surface area contributed by atoms with Gasteiger partial charge in [-0.2, -0.15) is 0 Å². The molecule has 39 heavy (non-hydrogen) atoms. The van der Waals surface area contributed by atoms with Crippen LogP contribution >= 0.6 is 11.8 Å². The van der Waals surface area contributed by atoms with E-state index >= 15 is 0 Å². The van der Waals surface area contributed by atoms with Crippen molar-refractivity contribution < 1.29 is 19.2 Å². The molecule has 0 aliphatic carbocycles. The van der Waals surface area contributed by atoms with Gasteiger partial charge in [0.2, 0.25) is 0 Å². The van der Waals surface area contributed by atoms with Crippen molar-refractivity contribution in [3.05, 3.63) is 111 Å². The zero-order chi connectivity index (χ0) is 27.8. The summed E-state index contributed by atoms with van der Waals surface area (Å²) in [5.74, 6) is 0.920. The number of hydrogen-bond acceptors (Lipinski definition) is 7. The Kier molecular flexibility index (Phi) is 9.27. The lowest BCUT2D eigenvalue weighted by Gasteiger charge is -2.17. The maximum absolute atomic E-state index is 12.7. The molecule has 1 amide bonds. The number of ether oxygens (including phenoxy) is 2. The molecular formula is C30H31N3O5S. The average molecular weight is 546 g/mol. The van der Waals surface area contributed by atoms with Crippen molar-refractivity contribution in [1.82, 2.24) is 5.32 Å². The standard InChI is InChI=1S/C30H31N3O5S/c1-4-8-23-15-22(18-27-29(34)32-30(39-27)31-24-13-11-20(5-2)12-14-24)17-26(37-6-3)28(23)38-19-21-9-7-10-25(16-21)33(35)36/h4,7,9-18,30-31H,1,5-6,8,19H2,2-3H3,(H,32,34)/b27-18-/t30-/m1/s1. The second kappa shape index (κ2) is 13.0. The molecule has 0 radical (unpaired) electrons. The fourth-order valence-corrected chi connectivity index (χ4v) is 5.11. The van der Waals surface area contributed by atoms with Crippen LogP contribution in [0.4, 0.5) is 11.4 Å². The zero-order valence-electron chi connectivity index (χ0n) is 21.9. The summed E-state index contributed by atoms with van der Waals surface area (Å²) >= 11 is 1.41. The molecule has 202 valence electrons. The molecule has 0 spiro atoms. The Labute approximate surface area is 232 Å². The van der Waals surface area contributed by atoms with Crippen molar-refractivity contribution >= 4 is 35.1 Å². The molecule has 4 rings (SSSR count). The van der Waals surface area contributed by atoms with Gasteiger partial charge in [-0.1, -0.05) is 49.0 Å². The third kappa shape index (κ3) is 7.20. The predicted molar refractivity (Wildman–Crippen MR) is 156 cm³/mol. The number of amides is 1. The van der Waals surface area contributed by atoms with Crippen LogP contribution in [0.2, 0.25) is 0 Å². The first kappa shape index (κ1) is 27.8. The Morgan fingerprint density at radius 2 is 1.90 bits per heavy atom. The number of rotatable bonds is 12. The number of carbonyl (C=O) groups is 1. The van der Waals surface area contributed by atoms with Gasteiger partial charge in [0.15, 0.2) is 17.0 Å². The van der Waals surface area contributed by atoms with Gasteiger partial charge in [-0.25, -0.2) is 0 Å². The van der Waals surface area contributed by atoms with Crippen LogP contribution < -0.4 is 20.1 Å². The van der Waals surface area contributed by atoms with Crippen LogP contribution in [0.15, 0.2) is 78.2 Å². The number of non-ortho nitro benzene ring substituents is 1. The minimum atomic E-state index is -0.431. The smallest absolute Gasteiger partial charge is 0.269 e. The van der Waals surface area contributed by atoms with Crippen LogP contribution in [-0.4, -0.2) is 22.9 Å². The van der Waals surface area contributed by atoms with E-state index in [-0.39, 0.29) is 23.7 Å². The zero-order valence-corrected chi connectivity index (χ0v) is 22.8. The number of thioether (sulfide) groups is 1. The number of benzene rings is 3. The molecule has 1 aliphatic rings. The Morgan fingerprint density at radius 3 is 2.59 bits per heavy atom. The topological polar surface area (TPSA) is 103 Å². The lowest BCUT2D eigenvalue weighted by Crippen LogP contribution is -2.30. The number of nitro groups is 1. The van der Waals surface area contributed by atoms with Gasteiger partial charge in [0.25, 0.3) is 11.6 Å². The maximum Gasteiger partial charge on any atom is 0.269 e. The SMILES string of the molecule is C=CCc1cc(/C=C2\S[C@H](Nc3ccc(CC)cc3)NC2=O)cc(OCC)c1OCc1cccc([N+](=O)[O-])c1. The van der Waals surface area contributed by atoms with E-state index in [4.69, 9.17) is 9.47 Å². The third-order valence-electron chi connectivity index (χ3n) is 6.01. The van der Waals surface area contributed by atoms with Crippen molar-refractivity contribution in [2.45, 2.75) is 38.8 Å². The van der Waals surface area contributed by atoms with Gasteiger partial charge in [-0.15, -0.1) is 6.58 Å². The minimum Gasteiger partial charge on any atom is -0.490 e. The van der Waals surface area contributed by atoms with Gasteiger partial charge in [-0.3, -0.25) is 14.9 Å². The Hall–Kier alpha value is -4.24. The highest BCUT2D eigenvalue weighted by atomic mass is 32.2. The molecule has 8 nitrogen and oxygen atoms in total.